The Morgan fingerprint density at radius 1 is 0.853 bits per heavy atom. The maximum atomic E-state index is 13.4. The van der Waals surface area contributed by atoms with Crippen LogP contribution in [-0.4, -0.2) is 19.7 Å². The van der Waals surface area contributed by atoms with Crippen LogP contribution in [0.3, 0.4) is 0 Å². The minimum Gasteiger partial charge on any atom is -0.286 e. The number of hydrogen-bond acceptors (Lipinski definition) is 7. The Hall–Kier alpha value is -3.69. The van der Waals surface area contributed by atoms with Gasteiger partial charge in [0.1, 0.15) is 0 Å². The van der Waals surface area contributed by atoms with Crippen LogP contribution in [0.25, 0.3) is 27.6 Å². The van der Waals surface area contributed by atoms with Gasteiger partial charge in [0.05, 0.1) is 17.1 Å². The van der Waals surface area contributed by atoms with E-state index in [2.05, 4.69) is 46.1 Å². The molecule has 0 fully saturated rings. The molecule has 3 heterocycles. The molecule has 5 aromatic rings. The first kappa shape index (κ1) is 22.1. The average molecular weight is 487 g/mol. The average Bonchev–Trinajstić information content (AvgIpc) is 3.58. The number of hydrogen-bond donors (Lipinski definition) is 1. The number of nitrogens with one attached hydrogen (secondary N) is 1. The van der Waals surface area contributed by atoms with Crippen molar-refractivity contribution in [3.05, 3.63) is 87.5 Å². The second-order valence-electron chi connectivity index (χ2n) is 8.69. The van der Waals surface area contributed by atoms with Crippen molar-refractivity contribution < 1.29 is 0 Å². The van der Waals surface area contributed by atoms with Crippen molar-refractivity contribution in [2.75, 3.05) is 0 Å². The summed E-state index contributed by atoms with van der Waals surface area (Å²) in [6, 6.07) is 19.5. The molecule has 170 valence electrons. The number of thiazole rings is 2. The van der Waals surface area contributed by atoms with Gasteiger partial charge in [-0.2, -0.15) is 4.68 Å². The Bertz CT molecular complexity index is 1500. The second kappa shape index (κ2) is 8.92. The van der Waals surface area contributed by atoms with E-state index in [1.165, 1.54) is 27.4 Å². The van der Waals surface area contributed by atoms with Gasteiger partial charge in [-0.05, 0) is 0 Å². The van der Waals surface area contributed by atoms with Crippen LogP contribution < -0.4 is 5.56 Å². The molecule has 0 aliphatic heterocycles. The minimum absolute atomic E-state index is 0.0818. The van der Waals surface area contributed by atoms with E-state index < -0.39 is 0 Å². The zero-order chi connectivity index (χ0) is 23.7. The molecule has 3 aromatic heterocycles. The standard InChI is InChI=1S/C25H22N6OS2/c1-25(2,3)19-15-33-23(27-19)29-28-21-20(17-12-8-5-9-13-17)30-31(22(21)32)24-26-18(14-34-24)16-10-6-4-7-11-16/h4-15,30H,1-3H3. The van der Waals surface area contributed by atoms with E-state index in [0.717, 1.165) is 22.5 Å². The van der Waals surface area contributed by atoms with Gasteiger partial charge >= 0.3 is 5.56 Å². The van der Waals surface area contributed by atoms with Crippen LogP contribution in [0.5, 0.6) is 0 Å². The molecule has 0 unspecified atom stereocenters. The van der Waals surface area contributed by atoms with Crippen molar-refractivity contribution in [3.8, 4) is 27.6 Å². The summed E-state index contributed by atoms with van der Waals surface area (Å²) in [4.78, 5) is 22.7. The van der Waals surface area contributed by atoms with Crippen molar-refractivity contribution in [3.63, 3.8) is 0 Å². The molecule has 0 saturated carbocycles. The molecule has 0 saturated heterocycles. The normalized spacial score (nSPS) is 12.0. The molecule has 0 amide bonds. The van der Waals surface area contributed by atoms with E-state index in [-0.39, 0.29) is 16.7 Å². The van der Waals surface area contributed by atoms with Crippen LogP contribution in [0.15, 0.2) is 86.4 Å². The topological polar surface area (TPSA) is 88.3 Å². The zero-order valence-corrected chi connectivity index (χ0v) is 20.5. The van der Waals surface area contributed by atoms with E-state index in [9.17, 15) is 4.79 Å². The van der Waals surface area contributed by atoms with Gasteiger partial charge < -0.3 is 0 Å². The van der Waals surface area contributed by atoms with Crippen molar-refractivity contribution in [2.24, 2.45) is 10.2 Å². The van der Waals surface area contributed by atoms with Gasteiger partial charge in [-0.1, -0.05) is 81.4 Å². The van der Waals surface area contributed by atoms with E-state index in [1.54, 1.807) is 0 Å². The Labute approximate surface area is 204 Å². The minimum atomic E-state index is -0.316. The number of aromatic nitrogens is 4. The molecular weight excluding hydrogens is 464 g/mol. The Kier molecular flexibility index (Phi) is 5.80. The first-order chi connectivity index (χ1) is 16.4. The van der Waals surface area contributed by atoms with E-state index in [4.69, 9.17) is 0 Å². The number of azo groups is 1. The highest BCUT2D eigenvalue weighted by Crippen LogP contribution is 2.32. The summed E-state index contributed by atoms with van der Waals surface area (Å²) >= 11 is 2.79. The van der Waals surface area contributed by atoms with Gasteiger partial charge in [0.25, 0.3) is 0 Å². The Balaban J connectivity index is 1.57. The number of H-pyrrole nitrogens is 1. The third-order valence-electron chi connectivity index (χ3n) is 5.18. The molecule has 0 aliphatic rings. The van der Waals surface area contributed by atoms with Gasteiger partial charge in [0.15, 0.2) is 5.69 Å². The summed E-state index contributed by atoms with van der Waals surface area (Å²) in [7, 11) is 0. The summed E-state index contributed by atoms with van der Waals surface area (Å²) in [6.45, 7) is 6.29. The predicted octanol–water partition coefficient (Wildman–Crippen LogP) is 7.13. The summed E-state index contributed by atoms with van der Waals surface area (Å²) < 4.78 is 1.43. The highest BCUT2D eigenvalue weighted by atomic mass is 32.1. The largest absolute Gasteiger partial charge is 0.301 e. The Morgan fingerprint density at radius 2 is 1.53 bits per heavy atom. The summed E-state index contributed by atoms with van der Waals surface area (Å²) in [6.07, 6.45) is 0. The maximum Gasteiger partial charge on any atom is 0.301 e. The van der Waals surface area contributed by atoms with Crippen molar-refractivity contribution in [1.82, 2.24) is 19.7 Å². The lowest BCUT2D eigenvalue weighted by Crippen LogP contribution is -2.13. The zero-order valence-electron chi connectivity index (χ0n) is 18.9. The molecule has 0 aliphatic carbocycles. The molecule has 7 nitrogen and oxygen atoms in total. The smallest absolute Gasteiger partial charge is 0.286 e. The second-order valence-corrected chi connectivity index (χ2v) is 10.4. The van der Waals surface area contributed by atoms with Crippen LogP contribution in [0.4, 0.5) is 10.8 Å². The summed E-state index contributed by atoms with van der Waals surface area (Å²) in [5.74, 6) is 0. The van der Waals surface area contributed by atoms with Crippen LogP contribution >= 0.6 is 22.7 Å². The van der Waals surface area contributed by atoms with Gasteiger partial charge in [-0.3, -0.25) is 9.89 Å². The van der Waals surface area contributed by atoms with Crippen LogP contribution in [-0.2, 0) is 5.41 Å². The van der Waals surface area contributed by atoms with Gasteiger partial charge in [0, 0.05) is 27.3 Å². The van der Waals surface area contributed by atoms with Crippen molar-refractivity contribution in [1.29, 1.82) is 0 Å². The molecule has 5 rings (SSSR count). The van der Waals surface area contributed by atoms with Crippen LogP contribution in [0, 0.1) is 0 Å². The fraction of sp³-hybridized carbons (Fsp3) is 0.160. The van der Waals surface area contributed by atoms with Crippen molar-refractivity contribution >= 4 is 33.5 Å². The molecule has 0 spiro atoms. The quantitative estimate of drug-likeness (QED) is 0.268. The maximum absolute atomic E-state index is 13.4. The van der Waals surface area contributed by atoms with Gasteiger partial charge in [0.2, 0.25) is 10.3 Å². The Morgan fingerprint density at radius 3 is 2.18 bits per heavy atom. The molecule has 0 bridgehead atoms. The molecule has 2 aromatic carbocycles. The molecule has 9 heteroatoms. The first-order valence-electron chi connectivity index (χ1n) is 10.7. The van der Waals surface area contributed by atoms with Gasteiger partial charge in [-0.25, -0.2) is 9.97 Å². The van der Waals surface area contributed by atoms with Crippen LogP contribution in [0.2, 0.25) is 0 Å². The fourth-order valence-corrected chi connectivity index (χ4v) is 4.97. The fourth-order valence-electron chi connectivity index (χ4n) is 3.32. The van der Waals surface area contributed by atoms with E-state index >= 15 is 0 Å². The molecule has 1 N–H and O–H groups in total. The molecule has 0 atom stereocenters. The highest BCUT2D eigenvalue weighted by Gasteiger charge is 2.20. The summed E-state index contributed by atoms with van der Waals surface area (Å²) in [5, 5.41) is 16.8. The van der Waals surface area contributed by atoms with Crippen molar-refractivity contribution in [2.45, 2.75) is 26.2 Å². The lowest BCUT2D eigenvalue weighted by Gasteiger charge is -2.13. The molecule has 34 heavy (non-hydrogen) atoms. The monoisotopic (exact) mass is 486 g/mol. The lowest BCUT2D eigenvalue weighted by molar-refractivity contribution is 0.573. The lowest BCUT2D eigenvalue weighted by atomic mass is 9.93. The van der Waals surface area contributed by atoms with E-state index in [1.807, 2.05) is 71.4 Å². The van der Waals surface area contributed by atoms with Gasteiger partial charge in [-0.15, -0.1) is 32.9 Å². The number of nitrogens with zero attached hydrogens (tertiary/aromatic N) is 5. The third kappa shape index (κ3) is 4.40. The number of benzene rings is 2. The first-order valence-corrected chi connectivity index (χ1v) is 12.5. The third-order valence-corrected chi connectivity index (χ3v) is 6.73. The highest BCUT2D eigenvalue weighted by molar-refractivity contribution is 7.13. The predicted molar refractivity (Wildman–Crippen MR) is 138 cm³/mol. The number of rotatable bonds is 5. The van der Waals surface area contributed by atoms with E-state index in [0.29, 0.717) is 16.0 Å². The van der Waals surface area contributed by atoms with Crippen LogP contribution in [0.1, 0.15) is 26.5 Å². The SMILES string of the molecule is CC(C)(C)c1csc(N=Nc2c(-c3ccccc3)[nH]n(-c3nc(-c4ccccc4)cs3)c2=O)n1. The summed E-state index contributed by atoms with van der Waals surface area (Å²) in [5.41, 5.74) is 3.98. The number of aromatic amines is 1. The molecular formula is C25H22N6OS2. The molecule has 0 radical (unpaired) electrons.